The number of amides is 1. The first-order valence-corrected chi connectivity index (χ1v) is 9.81. The highest BCUT2D eigenvalue weighted by atomic mass is 16.5. The maximum Gasteiger partial charge on any atom is 0.265 e. The van der Waals surface area contributed by atoms with Gasteiger partial charge in [-0.25, -0.2) is 0 Å². The molecule has 0 radical (unpaired) electrons. The number of nitrogens with one attached hydrogen (secondary N) is 1. The number of benzene rings is 2. The van der Waals surface area contributed by atoms with Crippen molar-refractivity contribution in [3.8, 4) is 11.5 Å². The Morgan fingerprint density at radius 3 is 2.04 bits per heavy atom. The molecule has 152 valence electrons. The molecule has 0 aromatic heterocycles. The van der Waals surface area contributed by atoms with E-state index >= 15 is 0 Å². The van der Waals surface area contributed by atoms with Crippen LogP contribution in [0, 0.1) is 0 Å². The number of carbonyl (C=O) groups is 1. The van der Waals surface area contributed by atoms with Gasteiger partial charge < -0.3 is 14.8 Å². The molecular formula is C23H32N2O3. The van der Waals surface area contributed by atoms with Crippen LogP contribution in [0.3, 0.4) is 0 Å². The zero-order valence-corrected chi connectivity index (χ0v) is 17.5. The summed E-state index contributed by atoms with van der Waals surface area (Å²) in [6, 6.07) is 17.7. The van der Waals surface area contributed by atoms with Gasteiger partial charge in [0, 0.05) is 30.7 Å². The van der Waals surface area contributed by atoms with E-state index < -0.39 is 6.10 Å². The molecule has 0 saturated heterocycles. The highest BCUT2D eigenvalue weighted by molar-refractivity contribution is 5.82. The molecule has 1 amide bonds. The number of rotatable bonds is 10. The number of methoxy groups -OCH3 is 1. The highest BCUT2D eigenvalue weighted by Gasteiger charge is 2.23. The third kappa shape index (κ3) is 6.27. The number of hydrogen-bond acceptors (Lipinski definition) is 4. The van der Waals surface area contributed by atoms with Crippen molar-refractivity contribution in [3.05, 3.63) is 60.2 Å². The van der Waals surface area contributed by atoms with Crippen LogP contribution in [-0.4, -0.2) is 43.1 Å². The van der Waals surface area contributed by atoms with Gasteiger partial charge in [0.1, 0.15) is 11.5 Å². The quantitative estimate of drug-likeness (QED) is 0.671. The van der Waals surface area contributed by atoms with Gasteiger partial charge in [0.25, 0.3) is 5.91 Å². The molecule has 0 unspecified atom stereocenters. The first kappa shape index (κ1) is 21.8. The van der Waals surface area contributed by atoms with Crippen molar-refractivity contribution in [1.29, 1.82) is 0 Å². The molecule has 1 N–H and O–H groups in total. The molecule has 0 heterocycles. The largest absolute Gasteiger partial charge is 0.497 e. The Balaban J connectivity index is 2.07. The van der Waals surface area contributed by atoms with E-state index in [2.05, 4.69) is 37.9 Å². The van der Waals surface area contributed by atoms with Gasteiger partial charge in [0.05, 0.1) is 7.11 Å². The number of carbonyl (C=O) groups excluding carboxylic acids is 1. The van der Waals surface area contributed by atoms with Gasteiger partial charge in [-0.3, -0.25) is 9.69 Å². The lowest BCUT2D eigenvalue weighted by molar-refractivity contribution is -0.128. The average molecular weight is 385 g/mol. The van der Waals surface area contributed by atoms with Gasteiger partial charge >= 0.3 is 0 Å². The molecule has 2 aromatic carbocycles. The summed E-state index contributed by atoms with van der Waals surface area (Å²) in [5, 5.41) is 3.03. The van der Waals surface area contributed by atoms with Gasteiger partial charge in [-0.2, -0.15) is 0 Å². The molecule has 0 fully saturated rings. The summed E-state index contributed by atoms with van der Waals surface area (Å²) in [5.41, 5.74) is 0.820. The topological polar surface area (TPSA) is 50.8 Å². The number of hydrogen-bond donors (Lipinski definition) is 1. The van der Waals surface area contributed by atoms with Crippen molar-refractivity contribution >= 4 is 5.91 Å². The van der Waals surface area contributed by atoms with Crippen LogP contribution in [0.1, 0.15) is 39.4 Å². The molecular weight excluding hydrogens is 352 g/mol. The molecule has 0 saturated carbocycles. The SMILES string of the molecule is COc1ccc(O[C@H](C(=O)NCCN(C(C)C)C(C)C)c2ccccc2)cc1. The van der Waals surface area contributed by atoms with E-state index in [0.29, 0.717) is 24.4 Å². The summed E-state index contributed by atoms with van der Waals surface area (Å²) >= 11 is 0. The Morgan fingerprint density at radius 2 is 1.50 bits per heavy atom. The zero-order chi connectivity index (χ0) is 20.5. The molecule has 2 aromatic rings. The molecule has 5 heteroatoms. The van der Waals surface area contributed by atoms with Gasteiger partial charge in [-0.05, 0) is 52.0 Å². The van der Waals surface area contributed by atoms with Crippen LogP contribution in [-0.2, 0) is 4.79 Å². The lowest BCUT2D eigenvalue weighted by Crippen LogP contribution is -2.43. The zero-order valence-electron chi connectivity index (χ0n) is 17.5. The molecule has 0 aliphatic rings. The van der Waals surface area contributed by atoms with Crippen LogP contribution in [0.5, 0.6) is 11.5 Å². The van der Waals surface area contributed by atoms with Crippen LogP contribution < -0.4 is 14.8 Å². The van der Waals surface area contributed by atoms with Gasteiger partial charge in [-0.1, -0.05) is 30.3 Å². The summed E-state index contributed by atoms with van der Waals surface area (Å²) in [7, 11) is 1.62. The molecule has 5 nitrogen and oxygen atoms in total. The maximum absolute atomic E-state index is 12.9. The minimum atomic E-state index is -0.707. The second kappa shape index (κ2) is 10.7. The van der Waals surface area contributed by atoms with E-state index in [9.17, 15) is 4.79 Å². The summed E-state index contributed by atoms with van der Waals surface area (Å²) in [6.45, 7) is 10.0. The minimum absolute atomic E-state index is 0.144. The Morgan fingerprint density at radius 1 is 0.929 bits per heavy atom. The first-order chi connectivity index (χ1) is 13.4. The van der Waals surface area contributed by atoms with E-state index in [1.165, 1.54) is 0 Å². The summed E-state index contributed by atoms with van der Waals surface area (Å²) < 4.78 is 11.2. The molecule has 1 atom stereocenters. The van der Waals surface area contributed by atoms with Crippen LogP contribution in [0.4, 0.5) is 0 Å². The van der Waals surface area contributed by atoms with Crippen molar-refractivity contribution in [1.82, 2.24) is 10.2 Å². The van der Waals surface area contributed by atoms with Crippen molar-refractivity contribution in [2.45, 2.75) is 45.9 Å². The minimum Gasteiger partial charge on any atom is -0.497 e. The Hall–Kier alpha value is -2.53. The molecule has 0 aliphatic carbocycles. The van der Waals surface area contributed by atoms with E-state index in [-0.39, 0.29) is 5.91 Å². The van der Waals surface area contributed by atoms with Crippen molar-refractivity contribution in [3.63, 3.8) is 0 Å². The van der Waals surface area contributed by atoms with Crippen LogP contribution >= 0.6 is 0 Å². The predicted octanol–water partition coefficient (Wildman–Crippen LogP) is 4.05. The Labute approximate surface area is 168 Å². The van der Waals surface area contributed by atoms with E-state index in [0.717, 1.165) is 17.9 Å². The smallest absolute Gasteiger partial charge is 0.265 e. The Kier molecular flexibility index (Phi) is 8.33. The highest BCUT2D eigenvalue weighted by Crippen LogP contribution is 2.24. The molecule has 0 aliphatic heterocycles. The van der Waals surface area contributed by atoms with Gasteiger partial charge in [-0.15, -0.1) is 0 Å². The molecule has 0 bridgehead atoms. The van der Waals surface area contributed by atoms with Gasteiger partial charge in [0.2, 0.25) is 6.10 Å². The van der Waals surface area contributed by atoms with Gasteiger partial charge in [0.15, 0.2) is 0 Å². The van der Waals surface area contributed by atoms with Crippen molar-refractivity contribution < 1.29 is 14.3 Å². The Bertz CT molecular complexity index is 706. The average Bonchev–Trinajstić information content (AvgIpc) is 2.69. The monoisotopic (exact) mass is 384 g/mol. The number of ether oxygens (including phenoxy) is 2. The van der Waals surface area contributed by atoms with Crippen molar-refractivity contribution in [2.75, 3.05) is 20.2 Å². The van der Waals surface area contributed by atoms with Crippen molar-refractivity contribution in [2.24, 2.45) is 0 Å². The second-order valence-electron chi connectivity index (χ2n) is 7.30. The van der Waals surface area contributed by atoms with E-state index in [4.69, 9.17) is 9.47 Å². The fourth-order valence-corrected chi connectivity index (χ4v) is 3.20. The van der Waals surface area contributed by atoms with E-state index in [1.807, 2.05) is 42.5 Å². The third-order valence-electron chi connectivity index (χ3n) is 4.65. The normalized spacial score (nSPS) is 12.3. The molecule has 28 heavy (non-hydrogen) atoms. The maximum atomic E-state index is 12.9. The van der Waals surface area contributed by atoms with E-state index in [1.54, 1.807) is 19.2 Å². The first-order valence-electron chi connectivity index (χ1n) is 9.81. The van der Waals surface area contributed by atoms with Crippen LogP contribution in [0.2, 0.25) is 0 Å². The van der Waals surface area contributed by atoms with Crippen LogP contribution in [0.15, 0.2) is 54.6 Å². The molecule has 2 rings (SSSR count). The summed E-state index contributed by atoms with van der Waals surface area (Å²) in [5.74, 6) is 1.22. The van der Waals surface area contributed by atoms with Crippen LogP contribution in [0.25, 0.3) is 0 Å². The lowest BCUT2D eigenvalue weighted by Gasteiger charge is -2.30. The fraction of sp³-hybridized carbons (Fsp3) is 0.435. The summed E-state index contributed by atoms with van der Waals surface area (Å²) in [6.07, 6.45) is -0.707. The predicted molar refractivity (Wildman–Crippen MR) is 113 cm³/mol. The summed E-state index contributed by atoms with van der Waals surface area (Å²) in [4.78, 5) is 15.3. The fourth-order valence-electron chi connectivity index (χ4n) is 3.20. The second-order valence-corrected chi connectivity index (χ2v) is 7.30. The molecule has 0 spiro atoms. The number of nitrogens with zero attached hydrogens (tertiary/aromatic N) is 1. The standard InChI is InChI=1S/C23H32N2O3/c1-17(2)25(18(3)4)16-15-24-23(26)22(19-9-7-6-8-10-19)28-21-13-11-20(27-5)12-14-21/h6-14,17-18,22H,15-16H2,1-5H3,(H,24,26)/t22-/m0/s1. The third-order valence-corrected chi connectivity index (χ3v) is 4.65. The lowest BCUT2D eigenvalue weighted by atomic mass is 10.1.